The van der Waals surface area contributed by atoms with Gasteiger partial charge in [-0.25, -0.2) is 0 Å². The van der Waals surface area contributed by atoms with Crippen molar-refractivity contribution in [2.45, 2.75) is 13.0 Å². The summed E-state index contributed by atoms with van der Waals surface area (Å²) in [5.41, 5.74) is 0.537. The predicted octanol–water partition coefficient (Wildman–Crippen LogP) is -0.0441. The van der Waals surface area contributed by atoms with Crippen LogP contribution in [0.3, 0.4) is 0 Å². The maximum atomic E-state index is 11.1. The standard InChI is InChI=1S/C11H13NO3/c1-8(13)12(2)10(11(14)15)9-6-4-3-5-7-9/h3-7,10H,1-2H3,(H,14,15)/p-1/t10-/m0/s1. The van der Waals surface area contributed by atoms with Crippen LogP contribution in [0, 0.1) is 0 Å². The van der Waals surface area contributed by atoms with Gasteiger partial charge in [0.2, 0.25) is 5.91 Å². The summed E-state index contributed by atoms with van der Waals surface area (Å²) in [6.45, 7) is 1.32. The molecule has 0 aliphatic carbocycles. The number of hydrogen-bond donors (Lipinski definition) is 0. The third kappa shape index (κ3) is 2.56. The summed E-state index contributed by atoms with van der Waals surface area (Å²) in [5.74, 6) is -1.59. The topological polar surface area (TPSA) is 60.4 Å². The number of carbonyl (C=O) groups is 2. The van der Waals surface area contributed by atoms with Gasteiger partial charge in [0.05, 0.1) is 12.0 Å². The van der Waals surface area contributed by atoms with Crippen LogP contribution in [0.15, 0.2) is 30.3 Å². The minimum absolute atomic E-state index is 0.312. The molecule has 1 atom stereocenters. The zero-order valence-corrected chi connectivity index (χ0v) is 8.64. The van der Waals surface area contributed by atoms with Gasteiger partial charge < -0.3 is 14.8 Å². The van der Waals surface area contributed by atoms with E-state index < -0.39 is 12.0 Å². The van der Waals surface area contributed by atoms with Crippen molar-refractivity contribution in [2.24, 2.45) is 0 Å². The second kappa shape index (κ2) is 4.59. The minimum atomic E-state index is -1.28. The lowest BCUT2D eigenvalue weighted by Crippen LogP contribution is -2.41. The summed E-state index contributed by atoms with van der Waals surface area (Å²) in [4.78, 5) is 23.2. The van der Waals surface area contributed by atoms with Crippen LogP contribution in [0.25, 0.3) is 0 Å². The molecular formula is C11H12NO3-. The average Bonchev–Trinajstić information content (AvgIpc) is 2.18. The molecule has 0 aliphatic rings. The van der Waals surface area contributed by atoms with Gasteiger partial charge in [-0.05, 0) is 5.56 Å². The molecule has 80 valence electrons. The number of benzene rings is 1. The summed E-state index contributed by atoms with van der Waals surface area (Å²) in [7, 11) is 1.44. The van der Waals surface area contributed by atoms with Crippen LogP contribution in [0.2, 0.25) is 0 Å². The summed E-state index contributed by atoms with van der Waals surface area (Å²) < 4.78 is 0. The molecule has 1 aromatic carbocycles. The van der Waals surface area contributed by atoms with E-state index in [1.54, 1.807) is 30.3 Å². The van der Waals surface area contributed by atoms with E-state index in [0.29, 0.717) is 5.56 Å². The van der Waals surface area contributed by atoms with Crippen molar-refractivity contribution in [3.8, 4) is 0 Å². The molecular weight excluding hydrogens is 194 g/mol. The lowest BCUT2D eigenvalue weighted by Gasteiger charge is -2.28. The Labute approximate surface area is 88.1 Å². The molecule has 0 aliphatic heterocycles. The fourth-order valence-corrected chi connectivity index (χ4v) is 1.33. The molecule has 0 heterocycles. The third-order valence-corrected chi connectivity index (χ3v) is 2.22. The number of aliphatic carboxylic acids is 1. The number of hydrogen-bond acceptors (Lipinski definition) is 3. The number of nitrogens with zero attached hydrogens (tertiary/aromatic N) is 1. The Kier molecular flexibility index (Phi) is 3.44. The highest BCUT2D eigenvalue weighted by atomic mass is 16.4. The molecule has 15 heavy (non-hydrogen) atoms. The van der Waals surface area contributed by atoms with Crippen LogP contribution in [0.5, 0.6) is 0 Å². The fourth-order valence-electron chi connectivity index (χ4n) is 1.33. The Morgan fingerprint density at radius 3 is 2.20 bits per heavy atom. The molecule has 1 rings (SSSR count). The van der Waals surface area contributed by atoms with Gasteiger partial charge >= 0.3 is 0 Å². The van der Waals surface area contributed by atoms with Gasteiger partial charge in [-0.1, -0.05) is 30.3 Å². The molecule has 1 amide bonds. The monoisotopic (exact) mass is 206 g/mol. The van der Waals surface area contributed by atoms with Gasteiger partial charge in [-0.2, -0.15) is 0 Å². The zero-order valence-electron chi connectivity index (χ0n) is 8.64. The summed E-state index contributed by atoms with van der Waals surface area (Å²) in [5, 5.41) is 10.9. The maximum absolute atomic E-state index is 11.1. The molecule has 4 heteroatoms. The quantitative estimate of drug-likeness (QED) is 0.697. The second-order valence-corrected chi connectivity index (χ2v) is 3.26. The van der Waals surface area contributed by atoms with Crippen LogP contribution >= 0.6 is 0 Å². The normalized spacial score (nSPS) is 11.9. The highest BCUT2D eigenvalue weighted by Gasteiger charge is 2.19. The van der Waals surface area contributed by atoms with Crippen LogP contribution in [0.4, 0.5) is 0 Å². The number of likely N-dealkylation sites (N-methyl/N-ethyl adjacent to an activating group) is 1. The molecule has 0 radical (unpaired) electrons. The number of amides is 1. The first-order chi connectivity index (χ1) is 7.04. The summed E-state index contributed by atoms with van der Waals surface area (Å²) in [6.07, 6.45) is 0. The van der Waals surface area contributed by atoms with E-state index >= 15 is 0 Å². The highest BCUT2D eigenvalue weighted by Crippen LogP contribution is 2.18. The van der Waals surface area contributed by atoms with Crippen LogP contribution in [-0.2, 0) is 9.59 Å². The van der Waals surface area contributed by atoms with Crippen molar-refractivity contribution in [1.29, 1.82) is 0 Å². The number of rotatable bonds is 3. The lowest BCUT2D eigenvalue weighted by molar-refractivity contribution is -0.311. The average molecular weight is 206 g/mol. The molecule has 0 spiro atoms. The Hall–Kier alpha value is -1.84. The SMILES string of the molecule is CC(=O)N(C)[C@H](C(=O)[O-])c1ccccc1. The van der Waals surface area contributed by atoms with Crippen molar-refractivity contribution in [3.05, 3.63) is 35.9 Å². The Balaban J connectivity index is 3.04. The van der Waals surface area contributed by atoms with Crippen LogP contribution in [-0.4, -0.2) is 23.8 Å². The van der Waals surface area contributed by atoms with Gasteiger partial charge in [-0.15, -0.1) is 0 Å². The van der Waals surface area contributed by atoms with E-state index in [9.17, 15) is 14.7 Å². The van der Waals surface area contributed by atoms with Crippen molar-refractivity contribution >= 4 is 11.9 Å². The van der Waals surface area contributed by atoms with Crippen molar-refractivity contribution in [1.82, 2.24) is 4.90 Å². The van der Waals surface area contributed by atoms with Gasteiger partial charge in [0, 0.05) is 14.0 Å². The van der Waals surface area contributed by atoms with Crippen LogP contribution in [0.1, 0.15) is 18.5 Å². The molecule has 0 aromatic heterocycles. The largest absolute Gasteiger partial charge is 0.548 e. The van der Waals surface area contributed by atoms with Crippen molar-refractivity contribution in [2.75, 3.05) is 7.05 Å². The van der Waals surface area contributed by atoms with Gasteiger partial charge in [0.25, 0.3) is 0 Å². The van der Waals surface area contributed by atoms with E-state index in [-0.39, 0.29) is 5.91 Å². The zero-order chi connectivity index (χ0) is 11.4. The fraction of sp³-hybridized carbons (Fsp3) is 0.273. The number of carboxylic acid groups (broad SMARTS) is 1. The Bertz CT molecular complexity index is 361. The number of carbonyl (C=O) groups excluding carboxylic acids is 2. The van der Waals surface area contributed by atoms with E-state index in [1.807, 2.05) is 0 Å². The lowest BCUT2D eigenvalue weighted by atomic mass is 10.1. The van der Waals surface area contributed by atoms with Crippen LogP contribution < -0.4 is 5.11 Å². The Morgan fingerprint density at radius 2 is 1.80 bits per heavy atom. The third-order valence-electron chi connectivity index (χ3n) is 2.22. The van der Waals surface area contributed by atoms with E-state index in [2.05, 4.69) is 0 Å². The molecule has 1 aromatic rings. The van der Waals surface area contributed by atoms with Gasteiger partial charge in [-0.3, -0.25) is 4.79 Å². The predicted molar refractivity (Wildman–Crippen MR) is 52.6 cm³/mol. The Morgan fingerprint density at radius 1 is 1.27 bits per heavy atom. The smallest absolute Gasteiger partial charge is 0.220 e. The van der Waals surface area contributed by atoms with E-state index in [0.717, 1.165) is 4.90 Å². The van der Waals surface area contributed by atoms with Crippen molar-refractivity contribution < 1.29 is 14.7 Å². The van der Waals surface area contributed by atoms with Crippen molar-refractivity contribution in [3.63, 3.8) is 0 Å². The minimum Gasteiger partial charge on any atom is -0.548 e. The first-order valence-electron chi connectivity index (χ1n) is 4.53. The van der Waals surface area contributed by atoms with Gasteiger partial charge in [0.1, 0.15) is 0 Å². The molecule has 4 nitrogen and oxygen atoms in total. The maximum Gasteiger partial charge on any atom is 0.220 e. The first kappa shape index (κ1) is 11.2. The van der Waals surface area contributed by atoms with Gasteiger partial charge in [0.15, 0.2) is 0 Å². The molecule has 0 fully saturated rings. The molecule has 0 bridgehead atoms. The molecule has 0 saturated carbocycles. The summed E-state index contributed by atoms with van der Waals surface area (Å²) >= 11 is 0. The first-order valence-corrected chi connectivity index (χ1v) is 4.53. The van der Waals surface area contributed by atoms with E-state index in [1.165, 1.54) is 14.0 Å². The highest BCUT2D eigenvalue weighted by molar-refractivity contribution is 5.82. The molecule has 0 N–H and O–H groups in total. The summed E-state index contributed by atoms with van der Waals surface area (Å²) in [6, 6.07) is 7.51. The second-order valence-electron chi connectivity index (χ2n) is 3.26. The number of carboxylic acids is 1. The van der Waals surface area contributed by atoms with E-state index in [4.69, 9.17) is 0 Å². The molecule has 0 unspecified atom stereocenters. The molecule has 0 saturated heterocycles.